The molecule has 32 heavy (non-hydrogen) atoms. The highest BCUT2D eigenvalue weighted by atomic mass is 19.1. The van der Waals surface area contributed by atoms with Crippen molar-refractivity contribution in [3.63, 3.8) is 0 Å². The fourth-order valence-electron chi connectivity index (χ4n) is 4.28. The summed E-state index contributed by atoms with van der Waals surface area (Å²) < 4.78 is 15.1. The number of carbonyl (C=O) groups is 3. The lowest BCUT2D eigenvalue weighted by Gasteiger charge is -2.25. The molecule has 1 fully saturated rings. The summed E-state index contributed by atoms with van der Waals surface area (Å²) in [5.41, 5.74) is 2.27. The minimum Gasteiger partial charge on any atom is -0.346 e. The fraction of sp³-hybridized carbons (Fsp3) is 0.417. The van der Waals surface area contributed by atoms with Gasteiger partial charge in [-0.25, -0.2) is 4.39 Å². The predicted molar refractivity (Wildman–Crippen MR) is 118 cm³/mol. The van der Waals surface area contributed by atoms with Crippen molar-refractivity contribution in [2.45, 2.75) is 52.5 Å². The molecule has 1 aromatic carbocycles. The second-order valence-electron chi connectivity index (χ2n) is 8.39. The molecule has 168 valence electrons. The Hall–Kier alpha value is -3.47. The Morgan fingerprint density at radius 1 is 1.12 bits per heavy atom. The van der Waals surface area contributed by atoms with Crippen molar-refractivity contribution >= 4 is 23.3 Å². The molecule has 0 atom stereocenters. The number of nitrogens with zero attached hydrogens (tertiary/aromatic N) is 2. The molecule has 1 saturated carbocycles. The van der Waals surface area contributed by atoms with Gasteiger partial charge in [0.15, 0.2) is 0 Å². The van der Waals surface area contributed by atoms with Crippen molar-refractivity contribution in [2.24, 2.45) is 13.0 Å². The molecule has 0 spiro atoms. The monoisotopic (exact) mass is 438 g/mol. The topological polar surface area (TPSA) is 104 Å². The molecule has 1 aromatic heterocycles. The molecule has 1 aliphatic rings. The standard InChI is InChI=1S/C24H27FN4O3/c1-13-11-18(9-10-19(13)25)28-23(31)20-14(2)21(29(4)15(20)3)22(30)24(32)27-17-7-5-16(12-26)6-8-17/h9-11,16-17H,5-8H2,1-4H3,(H,27,32)(H,28,31)/t16-,17+. The second-order valence-corrected chi connectivity index (χ2v) is 8.39. The molecule has 2 amide bonds. The van der Waals surface area contributed by atoms with E-state index in [4.69, 9.17) is 5.26 Å². The highest BCUT2D eigenvalue weighted by Gasteiger charge is 2.30. The summed E-state index contributed by atoms with van der Waals surface area (Å²) in [5, 5.41) is 14.5. The van der Waals surface area contributed by atoms with Crippen LogP contribution >= 0.6 is 0 Å². The average molecular weight is 439 g/mol. The Morgan fingerprint density at radius 3 is 2.38 bits per heavy atom. The van der Waals surface area contributed by atoms with Crippen LogP contribution in [0.4, 0.5) is 10.1 Å². The molecule has 3 rings (SSSR count). The third-order valence-electron chi connectivity index (χ3n) is 6.24. The van der Waals surface area contributed by atoms with E-state index in [1.807, 2.05) is 0 Å². The third-order valence-corrected chi connectivity index (χ3v) is 6.24. The van der Waals surface area contributed by atoms with E-state index in [-0.39, 0.29) is 23.5 Å². The van der Waals surface area contributed by atoms with E-state index in [1.165, 1.54) is 18.2 Å². The van der Waals surface area contributed by atoms with Crippen LogP contribution in [0.3, 0.4) is 0 Å². The van der Waals surface area contributed by atoms with Crippen molar-refractivity contribution in [3.8, 4) is 6.07 Å². The molecule has 2 aromatic rings. The summed E-state index contributed by atoms with van der Waals surface area (Å²) in [4.78, 5) is 38.5. The van der Waals surface area contributed by atoms with E-state index in [2.05, 4.69) is 16.7 Å². The Kier molecular flexibility index (Phi) is 6.78. The van der Waals surface area contributed by atoms with Crippen LogP contribution in [0.25, 0.3) is 0 Å². The molecular formula is C24H27FN4O3. The van der Waals surface area contributed by atoms with Crippen molar-refractivity contribution in [2.75, 3.05) is 5.32 Å². The van der Waals surface area contributed by atoms with Crippen LogP contribution in [0.1, 0.15) is 63.4 Å². The molecular weight excluding hydrogens is 411 g/mol. The second kappa shape index (κ2) is 9.35. The van der Waals surface area contributed by atoms with E-state index >= 15 is 0 Å². The van der Waals surface area contributed by atoms with Gasteiger partial charge < -0.3 is 15.2 Å². The highest BCUT2D eigenvalue weighted by molar-refractivity contribution is 6.43. The van der Waals surface area contributed by atoms with E-state index < -0.39 is 17.6 Å². The Labute approximate surface area is 186 Å². The third kappa shape index (κ3) is 4.57. The molecule has 1 heterocycles. The van der Waals surface area contributed by atoms with Gasteiger partial charge in [-0.15, -0.1) is 0 Å². The Morgan fingerprint density at radius 2 is 1.78 bits per heavy atom. The van der Waals surface area contributed by atoms with Crippen molar-refractivity contribution in [1.29, 1.82) is 5.26 Å². The number of carbonyl (C=O) groups excluding carboxylic acids is 3. The number of rotatable bonds is 5. The number of aromatic nitrogens is 1. The SMILES string of the molecule is Cc1cc(NC(=O)c2c(C)c(C(=O)C(=O)N[C@H]3CC[C@@H](C#N)CC3)n(C)c2C)ccc1F. The quantitative estimate of drug-likeness (QED) is 0.548. The number of hydrogen-bond donors (Lipinski definition) is 2. The lowest BCUT2D eigenvalue weighted by molar-refractivity contribution is -0.117. The number of nitriles is 1. The van der Waals surface area contributed by atoms with Gasteiger partial charge in [0.2, 0.25) is 0 Å². The van der Waals surface area contributed by atoms with Gasteiger partial charge in [0.05, 0.1) is 17.3 Å². The van der Waals surface area contributed by atoms with Crippen LogP contribution in [-0.4, -0.2) is 28.2 Å². The van der Waals surface area contributed by atoms with Gasteiger partial charge in [-0.3, -0.25) is 14.4 Å². The van der Waals surface area contributed by atoms with Crippen LogP contribution in [0.5, 0.6) is 0 Å². The minimum atomic E-state index is -0.713. The lowest BCUT2D eigenvalue weighted by Crippen LogP contribution is -2.41. The summed E-state index contributed by atoms with van der Waals surface area (Å²) in [6.45, 7) is 4.94. The largest absolute Gasteiger partial charge is 0.346 e. The van der Waals surface area contributed by atoms with Gasteiger partial charge in [0, 0.05) is 30.4 Å². The minimum absolute atomic E-state index is 0.00240. The number of aryl methyl sites for hydroxylation is 1. The van der Waals surface area contributed by atoms with Crippen molar-refractivity contribution < 1.29 is 18.8 Å². The van der Waals surface area contributed by atoms with Gasteiger partial charge >= 0.3 is 0 Å². The zero-order valence-electron chi connectivity index (χ0n) is 18.7. The molecule has 2 N–H and O–H groups in total. The van der Waals surface area contributed by atoms with Crippen LogP contribution in [0.15, 0.2) is 18.2 Å². The van der Waals surface area contributed by atoms with E-state index in [9.17, 15) is 18.8 Å². The van der Waals surface area contributed by atoms with E-state index in [0.717, 1.165) is 0 Å². The van der Waals surface area contributed by atoms with Gasteiger partial charge in [0.1, 0.15) is 5.82 Å². The highest BCUT2D eigenvalue weighted by Crippen LogP contribution is 2.25. The summed E-state index contributed by atoms with van der Waals surface area (Å²) in [6, 6.07) is 6.38. The first-order valence-electron chi connectivity index (χ1n) is 10.6. The van der Waals surface area contributed by atoms with Gasteiger partial charge in [-0.1, -0.05) is 0 Å². The van der Waals surface area contributed by atoms with Gasteiger partial charge in [0.25, 0.3) is 17.6 Å². The first kappa shape index (κ1) is 23.2. The molecule has 0 radical (unpaired) electrons. The smallest absolute Gasteiger partial charge is 0.294 e. The number of ketones is 1. The maximum Gasteiger partial charge on any atom is 0.294 e. The Bertz CT molecular complexity index is 1120. The molecule has 7 nitrogen and oxygen atoms in total. The first-order chi connectivity index (χ1) is 15.1. The van der Waals surface area contributed by atoms with Gasteiger partial charge in [-0.05, 0) is 75.8 Å². The Balaban J connectivity index is 1.78. The number of anilines is 1. The number of hydrogen-bond acceptors (Lipinski definition) is 4. The number of halogens is 1. The van der Waals surface area contributed by atoms with Gasteiger partial charge in [-0.2, -0.15) is 5.26 Å². The van der Waals surface area contributed by atoms with Crippen LogP contribution in [0, 0.1) is 43.8 Å². The summed E-state index contributed by atoms with van der Waals surface area (Å²) in [7, 11) is 1.64. The molecule has 0 unspecified atom stereocenters. The van der Waals surface area contributed by atoms with Crippen LogP contribution < -0.4 is 10.6 Å². The molecule has 0 bridgehead atoms. The lowest BCUT2D eigenvalue weighted by atomic mass is 9.87. The average Bonchev–Trinajstić information content (AvgIpc) is 2.99. The molecule has 0 aliphatic heterocycles. The molecule has 0 saturated heterocycles. The maximum atomic E-state index is 13.5. The molecule has 1 aliphatic carbocycles. The number of Topliss-reactive ketones (excluding diaryl/α,β-unsaturated/α-hetero) is 1. The maximum absolute atomic E-state index is 13.5. The predicted octanol–water partition coefficient (Wildman–Crippen LogP) is 3.72. The van der Waals surface area contributed by atoms with Crippen molar-refractivity contribution in [3.05, 3.63) is 52.1 Å². The first-order valence-corrected chi connectivity index (χ1v) is 10.6. The fourth-order valence-corrected chi connectivity index (χ4v) is 4.28. The normalized spacial score (nSPS) is 18.0. The van der Waals surface area contributed by atoms with Crippen molar-refractivity contribution in [1.82, 2.24) is 9.88 Å². The van der Waals surface area contributed by atoms with Crippen LogP contribution in [-0.2, 0) is 11.8 Å². The molecule has 8 heteroatoms. The number of nitrogens with one attached hydrogen (secondary N) is 2. The van der Waals surface area contributed by atoms with Crippen LogP contribution in [0.2, 0.25) is 0 Å². The summed E-state index contributed by atoms with van der Waals surface area (Å²) in [6.07, 6.45) is 2.72. The van der Waals surface area contributed by atoms with E-state index in [1.54, 1.807) is 32.4 Å². The summed E-state index contributed by atoms with van der Waals surface area (Å²) >= 11 is 0. The number of amides is 2. The zero-order chi connectivity index (χ0) is 23.6. The zero-order valence-corrected chi connectivity index (χ0v) is 18.7. The summed E-state index contributed by atoms with van der Waals surface area (Å²) in [5.74, 6) is -2.21. The van der Waals surface area contributed by atoms with E-state index in [0.29, 0.717) is 53.8 Å². The number of benzene rings is 1.